The first kappa shape index (κ1) is 29.2. The molecule has 5 heteroatoms. The van der Waals surface area contributed by atoms with E-state index >= 15 is 0 Å². The Hall–Kier alpha value is -7.37. The van der Waals surface area contributed by atoms with E-state index in [1.54, 1.807) is 0 Å². The van der Waals surface area contributed by atoms with E-state index in [4.69, 9.17) is 15.0 Å². The summed E-state index contributed by atoms with van der Waals surface area (Å²) in [5, 5.41) is 7.24. The second kappa shape index (κ2) is 11.1. The molecule has 3 aromatic heterocycles. The van der Waals surface area contributed by atoms with Crippen LogP contribution in [0.3, 0.4) is 0 Å². The first-order valence-corrected chi connectivity index (χ1v) is 18.3. The lowest BCUT2D eigenvalue weighted by Crippen LogP contribution is -2.06. The second-order valence-electron chi connectivity index (χ2n) is 14.0. The van der Waals surface area contributed by atoms with E-state index in [0.717, 1.165) is 27.5 Å². The summed E-state index contributed by atoms with van der Waals surface area (Å²) >= 11 is 0. The third-order valence-corrected chi connectivity index (χ3v) is 11.1. The van der Waals surface area contributed by atoms with Crippen molar-refractivity contribution in [3.63, 3.8) is 0 Å². The van der Waals surface area contributed by atoms with Crippen molar-refractivity contribution < 1.29 is 0 Å². The van der Waals surface area contributed by atoms with Crippen LogP contribution in [-0.4, -0.2) is 24.1 Å². The Kier molecular flexibility index (Phi) is 5.99. The molecule has 0 radical (unpaired) electrons. The summed E-state index contributed by atoms with van der Waals surface area (Å²) in [6.07, 6.45) is 0. The molecule has 0 bridgehead atoms. The highest BCUT2D eigenvalue weighted by Gasteiger charge is 2.27. The Morgan fingerprint density at radius 1 is 0.352 bits per heavy atom. The molecular weight excluding hydrogens is 659 g/mol. The van der Waals surface area contributed by atoms with Gasteiger partial charge >= 0.3 is 0 Å². The first-order chi connectivity index (χ1) is 26.8. The molecule has 0 N–H and O–H groups in total. The highest BCUT2D eigenvalue weighted by molar-refractivity contribution is 6.24. The number of para-hydroxylation sites is 3. The Bertz CT molecular complexity index is 3260. The minimum atomic E-state index is 0.583. The highest BCUT2D eigenvalue weighted by atomic mass is 15.2. The van der Waals surface area contributed by atoms with Crippen LogP contribution in [-0.2, 0) is 0 Å². The number of fused-ring (bicyclic) bond motifs is 13. The fourth-order valence-electron chi connectivity index (χ4n) is 8.77. The molecule has 4 heterocycles. The van der Waals surface area contributed by atoms with Gasteiger partial charge in [0.05, 0.1) is 27.8 Å². The van der Waals surface area contributed by atoms with Crippen molar-refractivity contribution in [2.45, 2.75) is 0 Å². The van der Waals surface area contributed by atoms with Crippen LogP contribution in [0.4, 0.5) is 0 Å². The largest absolute Gasteiger partial charge is 0.308 e. The summed E-state index contributed by atoms with van der Waals surface area (Å²) in [7, 11) is 0. The Balaban J connectivity index is 1.25. The lowest BCUT2D eigenvalue weighted by atomic mass is 9.91. The molecule has 11 aromatic rings. The number of hydrogen-bond acceptors (Lipinski definition) is 3. The first-order valence-electron chi connectivity index (χ1n) is 18.3. The number of rotatable bonds is 3. The lowest BCUT2D eigenvalue weighted by Gasteiger charge is -2.14. The summed E-state index contributed by atoms with van der Waals surface area (Å²) in [6, 6.07) is 62.6. The summed E-state index contributed by atoms with van der Waals surface area (Å²) in [5.41, 5.74) is 12.4. The summed E-state index contributed by atoms with van der Waals surface area (Å²) < 4.78 is 4.72. The van der Waals surface area contributed by atoms with Crippen LogP contribution in [0.15, 0.2) is 176 Å². The molecule has 250 valence electrons. The third kappa shape index (κ3) is 4.06. The third-order valence-electron chi connectivity index (χ3n) is 11.1. The normalized spacial score (nSPS) is 12.1. The van der Waals surface area contributed by atoms with Crippen molar-refractivity contribution in [3.05, 3.63) is 176 Å². The number of nitrogens with zero attached hydrogens (tertiary/aromatic N) is 5. The van der Waals surface area contributed by atoms with Gasteiger partial charge in [-0.2, -0.15) is 9.97 Å². The van der Waals surface area contributed by atoms with Crippen LogP contribution in [0, 0.1) is 0 Å². The SMILES string of the molecule is c1ccc(-c2nc(-c3ccccc3)nc(-n3c4cc5c(cc4c4c6ccccc6ccc43)-c3cccc4c6ccccc6n(c34)-c3ccccc3-5)n2)cc1. The molecule has 0 unspecified atom stereocenters. The van der Waals surface area contributed by atoms with Crippen LogP contribution in [0.1, 0.15) is 0 Å². The lowest BCUT2D eigenvalue weighted by molar-refractivity contribution is 0.954. The van der Waals surface area contributed by atoms with Crippen LogP contribution in [0.25, 0.3) is 111 Å². The maximum atomic E-state index is 5.25. The van der Waals surface area contributed by atoms with Crippen LogP contribution < -0.4 is 0 Å². The summed E-state index contributed by atoms with van der Waals surface area (Å²) in [4.78, 5) is 15.5. The van der Waals surface area contributed by atoms with Crippen LogP contribution >= 0.6 is 0 Å². The number of aromatic nitrogens is 5. The van der Waals surface area contributed by atoms with E-state index in [9.17, 15) is 0 Å². The van der Waals surface area contributed by atoms with Gasteiger partial charge in [0, 0.05) is 43.8 Å². The minimum Gasteiger partial charge on any atom is -0.308 e. The van der Waals surface area contributed by atoms with Crippen LogP contribution in [0.5, 0.6) is 0 Å². The molecule has 1 aliphatic rings. The van der Waals surface area contributed by atoms with E-state index < -0.39 is 0 Å². The molecular formula is C49H29N5. The van der Waals surface area contributed by atoms with Gasteiger partial charge in [0.15, 0.2) is 11.6 Å². The van der Waals surface area contributed by atoms with Crippen molar-refractivity contribution in [3.8, 4) is 56.7 Å². The molecule has 54 heavy (non-hydrogen) atoms. The highest BCUT2D eigenvalue weighted by Crippen LogP contribution is 2.49. The zero-order valence-corrected chi connectivity index (χ0v) is 29.0. The van der Waals surface area contributed by atoms with Crippen molar-refractivity contribution >= 4 is 54.4 Å². The average molecular weight is 688 g/mol. The molecule has 0 spiro atoms. The van der Waals surface area contributed by atoms with E-state index in [1.807, 2.05) is 36.4 Å². The van der Waals surface area contributed by atoms with Gasteiger partial charge in [-0.15, -0.1) is 0 Å². The van der Waals surface area contributed by atoms with E-state index in [-0.39, 0.29) is 0 Å². The van der Waals surface area contributed by atoms with Gasteiger partial charge < -0.3 is 4.57 Å². The summed E-state index contributed by atoms with van der Waals surface area (Å²) in [6.45, 7) is 0. The molecule has 1 aliphatic heterocycles. The standard InChI is InChI=1S/C49H29N5/c1-3-15-31(16-4-1)47-50-48(32-17-5-2-6-18-32)52-49(51-47)54-43-27-26-30-14-7-8-19-33(30)45(43)40-28-38-37-23-13-22-36-34-20-9-11-24-41(34)53(46(36)37)42-25-12-10-21-35(42)39(38)29-44(40)54/h1-29H. The second-order valence-corrected chi connectivity index (χ2v) is 14.0. The quantitative estimate of drug-likeness (QED) is 0.186. The van der Waals surface area contributed by atoms with Gasteiger partial charge in [0.25, 0.3) is 0 Å². The Labute approximate surface area is 310 Å². The molecule has 8 aromatic carbocycles. The predicted octanol–water partition coefficient (Wildman–Crippen LogP) is 12.2. The molecule has 0 fully saturated rings. The molecule has 0 atom stereocenters. The predicted molar refractivity (Wildman–Crippen MR) is 221 cm³/mol. The van der Waals surface area contributed by atoms with Crippen molar-refractivity contribution in [1.29, 1.82) is 0 Å². The fraction of sp³-hybridized carbons (Fsp3) is 0. The Morgan fingerprint density at radius 3 is 1.78 bits per heavy atom. The van der Waals surface area contributed by atoms with Crippen molar-refractivity contribution in [1.82, 2.24) is 24.1 Å². The van der Waals surface area contributed by atoms with Gasteiger partial charge in [-0.05, 0) is 52.2 Å². The van der Waals surface area contributed by atoms with Gasteiger partial charge in [0.2, 0.25) is 5.95 Å². The number of hydrogen-bond donors (Lipinski definition) is 0. The van der Waals surface area contributed by atoms with Crippen LogP contribution in [0.2, 0.25) is 0 Å². The zero-order chi connectivity index (χ0) is 35.3. The van der Waals surface area contributed by atoms with Crippen molar-refractivity contribution in [2.75, 3.05) is 0 Å². The molecule has 5 nitrogen and oxygen atoms in total. The van der Waals surface area contributed by atoms with E-state index in [0.29, 0.717) is 17.6 Å². The molecule has 0 aliphatic carbocycles. The molecule has 0 amide bonds. The monoisotopic (exact) mass is 687 g/mol. The van der Waals surface area contributed by atoms with Gasteiger partial charge in [0.1, 0.15) is 0 Å². The zero-order valence-electron chi connectivity index (χ0n) is 29.0. The van der Waals surface area contributed by atoms with E-state index in [2.05, 4.69) is 149 Å². The van der Waals surface area contributed by atoms with Gasteiger partial charge in [-0.3, -0.25) is 4.57 Å². The molecule has 0 saturated heterocycles. The van der Waals surface area contributed by atoms with Crippen molar-refractivity contribution in [2.24, 2.45) is 0 Å². The van der Waals surface area contributed by atoms with Gasteiger partial charge in [-0.25, -0.2) is 4.98 Å². The smallest absolute Gasteiger partial charge is 0.238 e. The van der Waals surface area contributed by atoms with Gasteiger partial charge in [-0.1, -0.05) is 146 Å². The average Bonchev–Trinajstić information content (AvgIpc) is 3.72. The maximum Gasteiger partial charge on any atom is 0.238 e. The van der Waals surface area contributed by atoms with E-state index in [1.165, 1.54) is 65.9 Å². The molecule has 12 rings (SSSR count). The fourth-order valence-corrected chi connectivity index (χ4v) is 8.77. The molecule has 0 saturated carbocycles. The topological polar surface area (TPSA) is 48.5 Å². The maximum absolute atomic E-state index is 5.25. The summed E-state index contributed by atoms with van der Waals surface area (Å²) in [5.74, 6) is 1.85. The number of benzene rings is 8. The minimum absolute atomic E-state index is 0.583. The Morgan fingerprint density at radius 2 is 0.981 bits per heavy atom.